The van der Waals surface area contributed by atoms with Crippen LogP contribution in [0, 0.1) is 5.82 Å². The summed E-state index contributed by atoms with van der Waals surface area (Å²) in [6.45, 7) is 0. The molecule has 4 rings (SSSR count). The summed E-state index contributed by atoms with van der Waals surface area (Å²) in [6.07, 6.45) is 0. The minimum atomic E-state index is -0.405. The van der Waals surface area contributed by atoms with E-state index in [1.807, 2.05) is 54.6 Å². The quantitative estimate of drug-likeness (QED) is 0.509. The van der Waals surface area contributed by atoms with Crippen LogP contribution in [0.25, 0.3) is 11.5 Å². The highest BCUT2D eigenvalue weighted by atomic mass is 19.1. The van der Waals surface area contributed by atoms with Crippen molar-refractivity contribution in [2.24, 2.45) is 0 Å². The smallest absolute Gasteiger partial charge is 0.250 e. The van der Waals surface area contributed by atoms with Gasteiger partial charge >= 0.3 is 0 Å². The average Bonchev–Trinajstić information content (AvgIpc) is 3.23. The van der Waals surface area contributed by atoms with E-state index >= 15 is 0 Å². The Balaban J connectivity index is 1.69. The van der Waals surface area contributed by atoms with Gasteiger partial charge in [-0.1, -0.05) is 42.5 Å². The molecule has 0 bridgehead atoms. The maximum absolute atomic E-state index is 14.1. The molecule has 4 aromatic rings. The number of hydrogen-bond donors (Lipinski definition) is 1. The molecule has 0 saturated heterocycles. The molecule has 6 heteroatoms. The maximum atomic E-state index is 14.1. The van der Waals surface area contributed by atoms with Crippen LogP contribution in [0.2, 0.25) is 0 Å². The Hall–Kier alpha value is -3.67. The number of rotatable bonds is 6. The van der Waals surface area contributed by atoms with Crippen molar-refractivity contribution in [2.45, 2.75) is 6.04 Å². The number of nitrogens with zero attached hydrogens (tertiary/aromatic N) is 2. The summed E-state index contributed by atoms with van der Waals surface area (Å²) in [5.41, 5.74) is 2.08. The topological polar surface area (TPSA) is 60.2 Å². The number of anilines is 1. The minimum Gasteiger partial charge on any atom is -0.497 e. The van der Waals surface area contributed by atoms with Gasteiger partial charge in [-0.25, -0.2) is 4.39 Å². The lowest BCUT2D eigenvalue weighted by molar-refractivity contribution is 0.415. The number of benzene rings is 3. The number of methoxy groups -OCH3 is 1. The summed E-state index contributed by atoms with van der Waals surface area (Å²) >= 11 is 0. The van der Waals surface area contributed by atoms with Crippen LogP contribution in [-0.2, 0) is 0 Å². The van der Waals surface area contributed by atoms with Gasteiger partial charge in [-0.15, -0.1) is 10.2 Å². The molecule has 0 radical (unpaired) electrons. The van der Waals surface area contributed by atoms with Gasteiger partial charge in [0.25, 0.3) is 5.89 Å². The summed E-state index contributed by atoms with van der Waals surface area (Å²) in [5.74, 6) is 0.851. The molecule has 5 nitrogen and oxygen atoms in total. The second-order valence-electron chi connectivity index (χ2n) is 6.14. The van der Waals surface area contributed by atoms with E-state index in [1.165, 1.54) is 6.07 Å². The van der Waals surface area contributed by atoms with Gasteiger partial charge < -0.3 is 14.5 Å². The van der Waals surface area contributed by atoms with Crippen LogP contribution in [-0.4, -0.2) is 17.3 Å². The molecular formula is C22H18FN3O2. The second-order valence-corrected chi connectivity index (χ2v) is 6.14. The molecule has 28 heavy (non-hydrogen) atoms. The van der Waals surface area contributed by atoms with Crippen LogP contribution in [0.3, 0.4) is 0 Å². The van der Waals surface area contributed by atoms with Crippen LogP contribution >= 0.6 is 0 Å². The number of ether oxygens (including phenoxy) is 1. The van der Waals surface area contributed by atoms with Gasteiger partial charge in [0.05, 0.1) is 12.7 Å². The normalized spacial score (nSPS) is 11.8. The summed E-state index contributed by atoms with van der Waals surface area (Å²) in [7, 11) is 1.62. The van der Waals surface area contributed by atoms with Crippen LogP contribution in [0.5, 0.6) is 5.75 Å². The number of nitrogens with one attached hydrogen (secondary N) is 1. The highest BCUT2D eigenvalue weighted by molar-refractivity contribution is 5.54. The van der Waals surface area contributed by atoms with E-state index in [9.17, 15) is 4.39 Å². The zero-order valence-electron chi connectivity index (χ0n) is 15.2. The standard InChI is InChI=1S/C22H18FN3O2/c1-27-17-13-11-16(12-14-17)24-20(15-7-3-2-4-8-15)22-26-25-21(28-22)18-9-5-6-10-19(18)23/h2-14,20,24H,1H3. The first kappa shape index (κ1) is 17.7. The number of aromatic nitrogens is 2. The number of halogens is 1. The van der Waals surface area contributed by atoms with E-state index in [0.29, 0.717) is 5.89 Å². The molecule has 1 atom stereocenters. The zero-order valence-corrected chi connectivity index (χ0v) is 15.2. The maximum Gasteiger partial charge on any atom is 0.250 e. The fourth-order valence-corrected chi connectivity index (χ4v) is 2.88. The molecule has 0 saturated carbocycles. The van der Waals surface area contributed by atoms with Crippen molar-refractivity contribution in [3.8, 4) is 17.2 Å². The summed E-state index contributed by atoms with van der Waals surface area (Å²) in [5, 5.41) is 11.6. The molecule has 0 aliphatic heterocycles. The van der Waals surface area contributed by atoms with E-state index in [1.54, 1.807) is 25.3 Å². The molecule has 140 valence electrons. The Morgan fingerprint density at radius 3 is 2.32 bits per heavy atom. The fraction of sp³-hybridized carbons (Fsp3) is 0.0909. The van der Waals surface area contributed by atoms with E-state index in [2.05, 4.69) is 15.5 Å². The number of hydrogen-bond acceptors (Lipinski definition) is 5. The molecule has 1 N–H and O–H groups in total. The van der Waals surface area contributed by atoms with Crippen molar-refractivity contribution in [3.05, 3.63) is 96.1 Å². The Kier molecular flexibility index (Phi) is 5.01. The van der Waals surface area contributed by atoms with E-state index < -0.39 is 5.82 Å². The Labute approximate surface area is 161 Å². The summed E-state index contributed by atoms with van der Waals surface area (Å²) < 4.78 is 25.1. The van der Waals surface area contributed by atoms with Gasteiger partial charge in [-0.2, -0.15) is 0 Å². The highest BCUT2D eigenvalue weighted by Gasteiger charge is 2.22. The first-order chi connectivity index (χ1) is 13.7. The van der Waals surface area contributed by atoms with E-state index in [-0.39, 0.29) is 17.5 Å². The lowest BCUT2D eigenvalue weighted by Gasteiger charge is -2.17. The fourth-order valence-electron chi connectivity index (χ4n) is 2.88. The van der Waals surface area contributed by atoms with Crippen LogP contribution in [0.4, 0.5) is 10.1 Å². The molecule has 3 aromatic carbocycles. The first-order valence-electron chi connectivity index (χ1n) is 8.78. The molecule has 0 amide bonds. The largest absolute Gasteiger partial charge is 0.497 e. The van der Waals surface area contributed by atoms with Crippen molar-refractivity contribution >= 4 is 5.69 Å². The Morgan fingerprint density at radius 2 is 1.61 bits per heavy atom. The first-order valence-corrected chi connectivity index (χ1v) is 8.78. The summed E-state index contributed by atoms with van der Waals surface area (Å²) in [4.78, 5) is 0. The molecular weight excluding hydrogens is 357 g/mol. The Bertz CT molecular complexity index is 1050. The van der Waals surface area contributed by atoms with Gasteiger partial charge in [0, 0.05) is 5.69 Å². The predicted molar refractivity (Wildman–Crippen MR) is 105 cm³/mol. The summed E-state index contributed by atoms with van der Waals surface area (Å²) in [6, 6.07) is 23.2. The minimum absolute atomic E-state index is 0.144. The molecule has 1 heterocycles. The van der Waals surface area contributed by atoms with Gasteiger partial charge in [0.15, 0.2) is 0 Å². The van der Waals surface area contributed by atoms with Gasteiger partial charge in [-0.05, 0) is 42.0 Å². The lowest BCUT2D eigenvalue weighted by Crippen LogP contribution is -2.12. The third-order valence-corrected chi connectivity index (χ3v) is 4.33. The van der Waals surface area contributed by atoms with Crippen molar-refractivity contribution in [1.82, 2.24) is 10.2 Å². The molecule has 0 fully saturated rings. The van der Waals surface area contributed by atoms with Crippen molar-refractivity contribution in [2.75, 3.05) is 12.4 Å². The zero-order chi connectivity index (χ0) is 19.3. The van der Waals surface area contributed by atoms with Crippen LogP contribution in [0.15, 0.2) is 83.3 Å². The monoisotopic (exact) mass is 375 g/mol. The third kappa shape index (κ3) is 3.71. The van der Waals surface area contributed by atoms with E-state index in [0.717, 1.165) is 17.0 Å². The third-order valence-electron chi connectivity index (χ3n) is 4.33. The van der Waals surface area contributed by atoms with Crippen molar-refractivity contribution in [3.63, 3.8) is 0 Å². The lowest BCUT2D eigenvalue weighted by atomic mass is 10.1. The highest BCUT2D eigenvalue weighted by Crippen LogP contribution is 2.29. The van der Waals surface area contributed by atoms with Gasteiger partial charge in [0.1, 0.15) is 17.6 Å². The Morgan fingerprint density at radius 1 is 0.893 bits per heavy atom. The molecule has 0 spiro atoms. The van der Waals surface area contributed by atoms with Crippen molar-refractivity contribution in [1.29, 1.82) is 0 Å². The second kappa shape index (κ2) is 7.92. The average molecular weight is 375 g/mol. The molecule has 0 aliphatic carbocycles. The molecule has 0 aliphatic rings. The predicted octanol–water partition coefficient (Wildman–Crippen LogP) is 5.09. The van der Waals surface area contributed by atoms with E-state index in [4.69, 9.17) is 9.15 Å². The van der Waals surface area contributed by atoms with Gasteiger partial charge in [0.2, 0.25) is 5.89 Å². The molecule has 1 aromatic heterocycles. The SMILES string of the molecule is COc1ccc(NC(c2ccccc2)c2nnc(-c3ccccc3F)o2)cc1. The van der Waals surface area contributed by atoms with Crippen LogP contribution < -0.4 is 10.1 Å². The van der Waals surface area contributed by atoms with Gasteiger partial charge in [-0.3, -0.25) is 0 Å². The van der Waals surface area contributed by atoms with Crippen molar-refractivity contribution < 1.29 is 13.5 Å². The molecule has 1 unspecified atom stereocenters. The van der Waals surface area contributed by atoms with Crippen LogP contribution in [0.1, 0.15) is 17.5 Å².